The molecule has 2 saturated heterocycles. The Labute approximate surface area is 167 Å². The molecule has 0 bridgehead atoms. The average Bonchev–Trinajstić information content (AvgIpc) is 3.36. The van der Waals surface area contributed by atoms with Crippen molar-refractivity contribution in [1.82, 2.24) is 19.6 Å². The minimum absolute atomic E-state index is 0.306. The molecule has 0 radical (unpaired) electrons. The first kappa shape index (κ1) is 19.2. The molecule has 2 aliphatic heterocycles. The van der Waals surface area contributed by atoms with Crippen LogP contribution in [0, 0.1) is 0 Å². The van der Waals surface area contributed by atoms with Crippen LogP contribution in [-0.4, -0.2) is 64.4 Å². The number of amides is 1. The van der Waals surface area contributed by atoms with Gasteiger partial charge in [0.15, 0.2) is 0 Å². The van der Waals surface area contributed by atoms with E-state index in [1.807, 2.05) is 21.8 Å². The summed E-state index contributed by atoms with van der Waals surface area (Å²) in [4.78, 5) is 17.7. The van der Waals surface area contributed by atoms with Gasteiger partial charge in [0.05, 0.1) is 13.2 Å². The molecule has 1 spiro atoms. The third-order valence-electron chi connectivity index (χ3n) is 6.19. The van der Waals surface area contributed by atoms with Crippen molar-refractivity contribution in [1.29, 1.82) is 0 Å². The highest BCUT2D eigenvalue weighted by molar-refractivity contribution is 5.87. The molecule has 4 rings (SSSR count). The standard InChI is InChI=1S/C22H30N4O2/c1-28-16-15-24-12-2-9-22(21(24)27)10-3-13-25(22)17-19-5-7-20(8-6-19)18-26-14-4-11-23-26/h4-8,11,14H,2-3,9-10,12-13,15-18H2,1H3. The number of benzene rings is 1. The van der Waals surface area contributed by atoms with Crippen molar-refractivity contribution in [2.75, 3.05) is 33.4 Å². The van der Waals surface area contributed by atoms with E-state index in [0.717, 1.165) is 51.9 Å². The van der Waals surface area contributed by atoms with Gasteiger partial charge in [-0.25, -0.2) is 0 Å². The van der Waals surface area contributed by atoms with Gasteiger partial charge in [0.2, 0.25) is 5.91 Å². The second-order valence-electron chi connectivity index (χ2n) is 7.97. The molecule has 1 atom stereocenters. The van der Waals surface area contributed by atoms with Crippen LogP contribution < -0.4 is 0 Å². The van der Waals surface area contributed by atoms with Crippen molar-refractivity contribution in [3.63, 3.8) is 0 Å². The molecule has 0 aliphatic carbocycles. The lowest BCUT2D eigenvalue weighted by Crippen LogP contribution is -2.60. The molecule has 1 unspecified atom stereocenters. The van der Waals surface area contributed by atoms with Gasteiger partial charge in [-0.3, -0.25) is 14.4 Å². The molecule has 150 valence electrons. The molecule has 2 aliphatic rings. The van der Waals surface area contributed by atoms with Crippen molar-refractivity contribution in [3.8, 4) is 0 Å². The van der Waals surface area contributed by atoms with Crippen molar-refractivity contribution in [3.05, 3.63) is 53.9 Å². The molecular formula is C22H30N4O2. The quantitative estimate of drug-likeness (QED) is 0.738. The molecule has 6 nitrogen and oxygen atoms in total. The van der Waals surface area contributed by atoms with E-state index >= 15 is 0 Å². The Kier molecular flexibility index (Phi) is 5.78. The number of methoxy groups -OCH3 is 1. The van der Waals surface area contributed by atoms with Gasteiger partial charge in [-0.1, -0.05) is 24.3 Å². The van der Waals surface area contributed by atoms with E-state index in [4.69, 9.17) is 4.74 Å². The Balaban J connectivity index is 1.44. The molecule has 1 aromatic heterocycles. The number of nitrogens with zero attached hydrogens (tertiary/aromatic N) is 4. The van der Waals surface area contributed by atoms with E-state index in [1.165, 1.54) is 11.1 Å². The lowest BCUT2D eigenvalue weighted by Gasteiger charge is -2.44. The maximum absolute atomic E-state index is 13.3. The van der Waals surface area contributed by atoms with Gasteiger partial charge >= 0.3 is 0 Å². The van der Waals surface area contributed by atoms with Crippen molar-refractivity contribution < 1.29 is 9.53 Å². The molecule has 2 aromatic rings. The summed E-state index contributed by atoms with van der Waals surface area (Å²) >= 11 is 0. The highest BCUT2D eigenvalue weighted by atomic mass is 16.5. The summed E-state index contributed by atoms with van der Waals surface area (Å²) in [6.07, 6.45) is 7.92. The Morgan fingerprint density at radius 3 is 2.46 bits per heavy atom. The number of likely N-dealkylation sites (tertiary alicyclic amines) is 2. The minimum Gasteiger partial charge on any atom is -0.383 e. The van der Waals surface area contributed by atoms with Crippen LogP contribution in [0.4, 0.5) is 0 Å². The van der Waals surface area contributed by atoms with Crippen molar-refractivity contribution in [2.24, 2.45) is 0 Å². The van der Waals surface area contributed by atoms with Gasteiger partial charge in [0, 0.05) is 39.1 Å². The first-order valence-corrected chi connectivity index (χ1v) is 10.3. The first-order valence-electron chi connectivity index (χ1n) is 10.3. The van der Waals surface area contributed by atoms with Crippen LogP contribution in [0.3, 0.4) is 0 Å². The molecular weight excluding hydrogens is 352 g/mol. The van der Waals surface area contributed by atoms with Crippen LogP contribution in [0.2, 0.25) is 0 Å². The molecule has 0 N–H and O–H groups in total. The smallest absolute Gasteiger partial charge is 0.243 e. The number of hydrogen-bond donors (Lipinski definition) is 0. The van der Waals surface area contributed by atoms with Gasteiger partial charge in [-0.2, -0.15) is 5.10 Å². The highest BCUT2D eigenvalue weighted by Crippen LogP contribution is 2.39. The summed E-state index contributed by atoms with van der Waals surface area (Å²) in [6, 6.07) is 10.7. The van der Waals surface area contributed by atoms with Crippen LogP contribution in [0.15, 0.2) is 42.7 Å². The maximum Gasteiger partial charge on any atom is 0.243 e. The number of aromatic nitrogens is 2. The molecule has 28 heavy (non-hydrogen) atoms. The normalized spacial score (nSPS) is 23.0. The van der Waals surface area contributed by atoms with E-state index in [9.17, 15) is 4.79 Å². The summed E-state index contributed by atoms with van der Waals surface area (Å²) in [6.45, 7) is 4.80. The average molecular weight is 383 g/mol. The Morgan fingerprint density at radius 2 is 1.79 bits per heavy atom. The molecule has 6 heteroatoms. The van der Waals surface area contributed by atoms with Crippen LogP contribution in [0.5, 0.6) is 0 Å². The number of piperidine rings is 1. The van der Waals surface area contributed by atoms with Crippen LogP contribution in [-0.2, 0) is 22.6 Å². The summed E-state index contributed by atoms with van der Waals surface area (Å²) in [5, 5.41) is 4.27. The highest BCUT2D eigenvalue weighted by Gasteiger charge is 2.50. The van der Waals surface area contributed by atoms with Crippen molar-refractivity contribution in [2.45, 2.75) is 44.3 Å². The molecule has 0 saturated carbocycles. The zero-order valence-electron chi connectivity index (χ0n) is 16.7. The van der Waals surface area contributed by atoms with E-state index in [0.29, 0.717) is 19.1 Å². The monoisotopic (exact) mass is 382 g/mol. The fraction of sp³-hybridized carbons (Fsp3) is 0.545. The predicted octanol–water partition coefficient (Wildman–Crippen LogP) is 2.53. The van der Waals surface area contributed by atoms with E-state index in [2.05, 4.69) is 34.3 Å². The lowest BCUT2D eigenvalue weighted by molar-refractivity contribution is -0.148. The van der Waals surface area contributed by atoms with Crippen LogP contribution >= 0.6 is 0 Å². The fourth-order valence-corrected chi connectivity index (χ4v) is 4.72. The van der Waals surface area contributed by atoms with Crippen LogP contribution in [0.25, 0.3) is 0 Å². The van der Waals surface area contributed by atoms with E-state index in [-0.39, 0.29) is 5.54 Å². The second-order valence-corrected chi connectivity index (χ2v) is 7.97. The Morgan fingerprint density at radius 1 is 1.07 bits per heavy atom. The van der Waals surface area contributed by atoms with Crippen molar-refractivity contribution >= 4 is 5.91 Å². The summed E-state index contributed by atoms with van der Waals surface area (Å²) in [5.41, 5.74) is 2.20. The van der Waals surface area contributed by atoms with Gasteiger partial charge in [0.25, 0.3) is 0 Å². The zero-order chi connectivity index (χ0) is 19.4. The number of carbonyl (C=O) groups is 1. The molecule has 1 amide bonds. The predicted molar refractivity (Wildman–Crippen MR) is 108 cm³/mol. The third kappa shape index (κ3) is 3.84. The van der Waals surface area contributed by atoms with E-state index < -0.39 is 0 Å². The lowest BCUT2D eigenvalue weighted by atomic mass is 9.85. The topological polar surface area (TPSA) is 50.6 Å². The van der Waals surface area contributed by atoms with Gasteiger partial charge in [0.1, 0.15) is 5.54 Å². The minimum atomic E-state index is -0.306. The fourth-order valence-electron chi connectivity index (χ4n) is 4.72. The maximum atomic E-state index is 13.3. The number of rotatable bonds is 7. The summed E-state index contributed by atoms with van der Waals surface area (Å²) < 4.78 is 7.13. The zero-order valence-corrected chi connectivity index (χ0v) is 16.7. The first-order chi connectivity index (χ1) is 13.7. The number of hydrogen-bond acceptors (Lipinski definition) is 4. The molecule has 3 heterocycles. The largest absolute Gasteiger partial charge is 0.383 e. The Hall–Kier alpha value is -2.18. The number of carbonyl (C=O) groups excluding carboxylic acids is 1. The van der Waals surface area contributed by atoms with Crippen LogP contribution in [0.1, 0.15) is 36.8 Å². The Bertz CT molecular complexity index is 774. The van der Waals surface area contributed by atoms with Gasteiger partial charge < -0.3 is 9.64 Å². The van der Waals surface area contributed by atoms with Gasteiger partial charge in [-0.05, 0) is 49.4 Å². The second kappa shape index (κ2) is 8.45. The third-order valence-corrected chi connectivity index (χ3v) is 6.19. The number of ether oxygens (including phenoxy) is 1. The molecule has 1 aromatic carbocycles. The van der Waals surface area contributed by atoms with Gasteiger partial charge in [-0.15, -0.1) is 0 Å². The van der Waals surface area contributed by atoms with E-state index in [1.54, 1.807) is 13.3 Å². The SMILES string of the molecule is COCCN1CCCC2(CCCN2Cc2ccc(Cn3cccn3)cc2)C1=O. The summed E-state index contributed by atoms with van der Waals surface area (Å²) in [7, 11) is 1.70. The summed E-state index contributed by atoms with van der Waals surface area (Å²) in [5.74, 6) is 0.309. The molecule has 2 fully saturated rings.